The van der Waals surface area contributed by atoms with Gasteiger partial charge in [-0.2, -0.15) is 0 Å². The van der Waals surface area contributed by atoms with Gasteiger partial charge in [-0.3, -0.25) is 9.36 Å². The molecule has 8 heteroatoms. The van der Waals surface area contributed by atoms with Gasteiger partial charge in [0.2, 0.25) is 16.2 Å². The molecule has 152 valence electrons. The molecule has 28 heavy (non-hydrogen) atoms. The van der Waals surface area contributed by atoms with E-state index in [4.69, 9.17) is 0 Å². The second kappa shape index (κ2) is 9.52. The number of amides is 1. The van der Waals surface area contributed by atoms with Crippen LogP contribution in [-0.4, -0.2) is 64.8 Å². The molecule has 0 saturated carbocycles. The predicted octanol–water partition coefficient (Wildman–Crippen LogP) is 2.54. The number of carbonyl (C=O) groups excluding carboxylic acids is 1. The number of aromatic nitrogens is 3. The van der Waals surface area contributed by atoms with Crippen molar-refractivity contribution in [3.05, 3.63) is 24.5 Å². The third-order valence-corrected chi connectivity index (χ3v) is 6.69. The highest BCUT2D eigenvalue weighted by molar-refractivity contribution is 7.17. The predicted molar refractivity (Wildman–Crippen MR) is 112 cm³/mol. The van der Waals surface area contributed by atoms with E-state index < -0.39 is 0 Å². The summed E-state index contributed by atoms with van der Waals surface area (Å²) in [4.78, 5) is 17.4. The molecular formula is C20H30N6OS. The molecule has 2 saturated heterocycles. The van der Waals surface area contributed by atoms with Crippen LogP contribution in [0.2, 0.25) is 0 Å². The third-order valence-electron chi connectivity index (χ3n) is 5.69. The van der Waals surface area contributed by atoms with E-state index in [2.05, 4.69) is 25.3 Å². The zero-order chi connectivity index (χ0) is 19.2. The van der Waals surface area contributed by atoms with Crippen molar-refractivity contribution in [1.29, 1.82) is 0 Å². The van der Waals surface area contributed by atoms with E-state index in [-0.39, 0.29) is 11.8 Å². The number of piperidine rings is 2. The van der Waals surface area contributed by atoms with E-state index in [0.29, 0.717) is 0 Å². The van der Waals surface area contributed by atoms with Crippen LogP contribution >= 0.6 is 11.3 Å². The Balaban J connectivity index is 1.23. The maximum atomic E-state index is 12.6. The Morgan fingerprint density at radius 3 is 2.68 bits per heavy atom. The van der Waals surface area contributed by atoms with Crippen molar-refractivity contribution in [1.82, 2.24) is 25.0 Å². The van der Waals surface area contributed by atoms with Gasteiger partial charge in [-0.1, -0.05) is 17.8 Å². The summed E-state index contributed by atoms with van der Waals surface area (Å²) in [6.45, 7) is 6.00. The van der Waals surface area contributed by atoms with Gasteiger partial charge in [0.15, 0.2) is 0 Å². The lowest BCUT2D eigenvalue weighted by atomic mass is 9.97. The van der Waals surface area contributed by atoms with Gasteiger partial charge in [0.05, 0.1) is 5.92 Å². The quantitative estimate of drug-likeness (QED) is 0.721. The molecule has 0 radical (unpaired) electrons. The van der Waals surface area contributed by atoms with Crippen LogP contribution in [0.25, 0.3) is 5.13 Å². The molecule has 4 heterocycles. The van der Waals surface area contributed by atoms with Crippen molar-refractivity contribution in [2.24, 2.45) is 5.92 Å². The minimum Gasteiger partial charge on any atom is -0.356 e. The fourth-order valence-electron chi connectivity index (χ4n) is 4.11. The van der Waals surface area contributed by atoms with Crippen molar-refractivity contribution in [3.63, 3.8) is 0 Å². The number of nitrogens with one attached hydrogen (secondary N) is 1. The first-order valence-corrected chi connectivity index (χ1v) is 11.3. The van der Waals surface area contributed by atoms with E-state index in [0.717, 1.165) is 55.7 Å². The van der Waals surface area contributed by atoms with Crippen LogP contribution in [0.4, 0.5) is 5.13 Å². The summed E-state index contributed by atoms with van der Waals surface area (Å²) in [6.07, 6.45) is 11.0. The van der Waals surface area contributed by atoms with Gasteiger partial charge in [-0.05, 0) is 63.9 Å². The van der Waals surface area contributed by atoms with E-state index in [1.54, 1.807) is 11.3 Å². The topological polar surface area (TPSA) is 66.3 Å². The average Bonchev–Trinajstić information content (AvgIpc) is 3.44. The van der Waals surface area contributed by atoms with Crippen LogP contribution in [0.3, 0.4) is 0 Å². The summed E-state index contributed by atoms with van der Waals surface area (Å²) in [5.74, 6) is 0.237. The molecule has 2 aliphatic heterocycles. The minimum atomic E-state index is 0.0441. The van der Waals surface area contributed by atoms with Crippen molar-refractivity contribution in [2.75, 3.05) is 44.2 Å². The largest absolute Gasteiger partial charge is 0.356 e. The van der Waals surface area contributed by atoms with Crippen LogP contribution in [0, 0.1) is 5.92 Å². The SMILES string of the molecule is O=C(NCCCN1CCCCC1)C1CCCN(c2nnc(-n3cccc3)s2)C1. The Bertz CT molecular complexity index is 740. The van der Waals surface area contributed by atoms with Crippen LogP contribution in [0.1, 0.15) is 38.5 Å². The zero-order valence-electron chi connectivity index (χ0n) is 16.4. The normalized spacial score (nSPS) is 21.0. The Kier molecular flexibility index (Phi) is 6.59. The van der Waals surface area contributed by atoms with Gasteiger partial charge in [0.1, 0.15) is 0 Å². The number of hydrogen-bond acceptors (Lipinski definition) is 6. The van der Waals surface area contributed by atoms with Gasteiger partial charge in [0.25, 0.3) is 0 Å². The summed E-state index contributed by atoms with van der Waals surface area (Å²) in [6, 6.07) is 3.96. The number of carbonyl (C=O) groups is 1. The summed E-state index contributed by atoms with van der Waals surface area (Å²) >= 11 is 1.58. The van der Waals surface area contributed by atoms with E-state index >= 15 is 0 Å². The molecule has 1 amide bonds. The Hall–Kier alpha value is -1.93. The molecule has 1 N–H and O–H groups in total. The number of hydrogen-bond donors (Lipinski definition) is 1. The number of likely N-dealkylation sites (tertiary alicyclic amines) is 1. The number of anilines is 1. The molecule has 2 aliphatic rings. The second-order valence-corrected chi connectivity index (χ2v) is 8.72. The molecular weight excluding hydrogens is 372 g/mol. The molecule has 4 rings (SSSR count). The molecule has 0 spiro atoms. The molecule has 0 bridgehead atoms. The van der Waals surface area contributed by atoms with Crippen molar-refractivity contribution in [3.8, 4) is 5.13 Å². The number of rotatable bonds is 7. The molecule has 2 aromatic heterocycles. The fourth-order valence-corrected chi connectivity index (χ4v) is 4.96. The van der Waals surface area contributed by atoms with Gasteiger partial charge < -0.3 is 15.1 Å². The first kappa shape index (κ1) is 19.4. The maximum Gasteiger partial charge on any atom is 0.224 e. The zero-order valence-corrected chi connectivity index (χ0v) is 17.2. The monoisotopic (exact) mass is 402 g/mol. The van der Waals surface area contributed by atoms with Crippen molar-refractivity contribution < 1.29 is 4.79 Å². The summed E-state index contributed by atoms with van der Waals surface area (Å²) in [5, 5.41) is 13.6. The Morgan fingerprint density at radius 1 is 1.07 bits per heavy atom. The fraction of sp³-hybridized carbons (Fsp3) is 0.650. The first-order valence-electron chi connectivity index (χ1n) is 10.5. The second-order valence-electron chi connectivity index (χ2n) is 7.79. The molecule has 0 aromatic carbocycles. The summed E-state index contributed by atoms with van der Waals surface area (Å²) < 4.78 is 1.97. The summed E-state index contributed by atoms with van der Waals surface area (Å²) in [7, 11) is 0. The van der Waals surface area contributed by atoms with Gasteiger partial charge >= 0.3 is 0 Å². The van der Waals surface area contributed by atoms with Gasteiger partial charge in [-0.25, -0.2) is 0 Å². The Morgan fingerprint density at radius 2 is 1.86 bits per heavy atom. The van der Waals surface area contributed by atoms with Gasteiger partial charge in [-0.15, -0.1) is 10.2 Å². The molecule has 7 nitrogen and oxygen atoms in total. The molecule has 0 aliphatic carbocycles. The van der Waals surface area contributed by atoms with Crippen LogP contribution in [0.15, 0.2) is 24.5 Å². The van der Waals surface area contributed by atoms with Crippen LogP contribution in [-0.2, 0) is 4.79 Å². The van der Waals surface area contributed by atoms with Crippen molar-refractivity contribution >= 4 is 22.4 Å². The molecule has 1 unspecified atom stereocenters. The minimum absolute atomic E-state index is 0.0441. The molecule has 2 aromatic rings. The van der Waals surface area contributed by atoms with E-state index in [9.17, 15) is 4.79 Å². The lowest BCUT2D eigenvalue weighted by Gasteiger charge is -2.31. The van der Waals surface area contributed by atoms with E-state index in [1.807, 2.05) is 29.1 Å². The highest BCUT2D eigenvalue weighted by Crippen LogP contribution is 2.27. The lowest BCUT2D eigenvalue weighted by Crippen LogP contribution is -2.43. The van der Waals surface area contributed by atoms with Gasteiger partial charge in [0, 0.05) is 32.0 Å². The highest BCUT2D eigenvalue weighted by Gasteiger charge is 2.27. The van der Waals surface area contributed by atoms with E-state index in [1.165, 1.54) is 32.4 Å². The highest BCUT2D eigenvalue weighted by atomic mass is 32.1. The number of nitrogens with zero attached hydrogens (tertiary/aromatic N) is 5. The summed E-state index contributed by atoms with van der Waals surface area (Å²) in [5.41, 5.74) is 0. The lowest BCUT2D eigenvalue weighted by molar-refractivity contribution is -0.125. The molecule has 2 fully saturated rings. The maximum absolute atomic E-state index is 12.6. The molecule has 1 atom stereocenters. The smallest absolute Gasteiger partial charge is 0.224 e. The average molecular weight is 403 g/mol. The Labute approximate surface area is 170 Å². The van der Waals surface area contributed by atoms with Crippen LogP contribution < -0.4 is 10.2 Å². The van der Waals surface area contributed by atoms with Crippen molar-refractivity contribution in [2.45, 2.75) is 38.5 Å². The first-order chi connectivity index (χ1) is 13.8. The standard InChI is InChI=1S/C20H30N6OS/c27-18(21-9-7-12-24-10-2-1-3-11-24)17-8-6-15-26(16-17)20-23-22-19(28-20)25-13-4-5-14-25/h4-5,13-14,17H,1-3,6-12,15-16H2,(H,21,27). The van der Waals surface area contributed by atoms with Crippen LogP contribution in [0.5, 0.6) is 0 Å². The third kappa shape index (κ3) is 4.91.